The first-order chi connectivity index (χ1) is 17.1. The Bertz CT molecular complexity index is 1600. The van der Waals surface area contributed by atoms with E-state index in [1.807, 2.05) is 49.0 Å². The summed E-state index contributed by atoms with van der Waals surface area (Å²) in [6.07, 6.45) is 0. The first kappa shape index (κ1) is 22.0. The van der Waals surface area contributed by atoms with Gasteiger partial charge in [0.1, 0.15) is 5.69 Å². The van der Waals surface area contributed by atoms with Crippen molar-refractivity contribution in [2.45, 2.75) is 6.92 Å². The highest BCUT2D eigenvalue weighted by Gasteiger charge is 2.33. The topological polar surface area (TPSA) is 30.8 Å². The summed E-state index contributed by atoms with van der Waals surface area (Å²) < 4.78 is 5.86. The van der Waals surface area contributed by atoms with Crippen LogP contribution in [0.3, 0.4) is 0 Å². The maximum Gasteiger partial charge on any atom is 0.344 e. The zero-order valence-electron chi connectivity index (χ0n) is 19.2. The van der Waals surface area contributed by atoms with E-state index in [1.54, 1.807) is 38.7 Å². The maximum atomic E-state index is 14.1. The van der Waals surface area contributed by atoms with Gasteiger partial charge in [-0.1, -0.05) is 36.4 Å². The fourth-order valence-electron chi connectivity index (χ4n) is 4.44. The molecular weight excluding hydrogens is 491 g/mol. The molecule has 6 aromatic rings. The molecule has 4 nitrogen and oxygen atoms in total. The van der Waals surface area contributed by atoms with Gasteiger partial charge in [0.15, 0.2) is 0 Å². The summed E-state index contributed by atoms with van der Waals surface area (Å²) >= 11 is 5.10. The summed E-state index contributed by atoms with van der Waals surface area (Å²) in [5, 5.41) is 6.27. The Morgan fingerprint density at radius 1 is 0.714 bits per heavy atom. The van der Waals surface area contributed by atoms with E-state index in [1.165, 1.54) is 4.88 Å². The Kier molecular flexibility index (Phi) is 5.60. The monoisotopic (exact) mass is 512 g/mol. The van der Waals surface area contributed by atoms with Gasteiger partial charge in [0, 0.05) is 29.6 Å². The summed E-state index contributed by atoms with van der Waals surface area (Å²) in [5.41, 5.74) is 5.56. The number of para-hydroxylation sites is 1. The zero-order valence-corrected chi connectivity index (χ0v) is 21.7. The molecular formula is C28H22N3OS3+. The number of nitrogens with zero attached hydrogens (tertiary/aromatic N) is 3. The van der Waals surface area contributed by atoms with Crippen molar-refractivity contribution < 1.29 is 4.57 Å². The van der Waals surface area contributed by atoms with Crippen LogP contribution in [0.15, 0.2) is 99.8 Å². The lowest BCUT2D eigenvalue weighted by molar-refractivity contribution is -0.573. The molecule has 0 aliphatic carbocycles. The van der Waals surface area contributed by atoms with Crippen molar-refractivity contribution in [2.75, 3.05) is 0 Å². The van der Waals surface area contributed by atoms with Gasteiger partial charge in [0.05, 0.1) is 15.4 Å². The van der Waals surface area contributed by atoms with E-state index < -0.39 is 0 Å². The van der Waals surface area contributed by atoms with Gasteiger partial charge in [-0.15, -0.1) is 38.6 Å². The van der Waals surface area contributed by atoms with E-state index in [-0.39, 0.29) is 5.56 Å². The summed E-state index contributed by atoms with van der Waals surface area (Å²) in [5.74, 6) is 0. The molecule has 0 radical (unpaired) electrons. The lowest BCUT2D eigenvalue weighted by Crippen LogP contribution is -2.41. The summed E-state index contributed by atoms with van der Waals surface area (Å²) in [7, 11) is 1.95. The van der Waals surface area contributed by atoms with E-state index in [2.05, 4.69) is 69.2 Å². The van der Waals surface area contributed by atoms with E-state index in [9.17, 15) is 4.79 Å². The van der Waals surface area contributed by atoms with Crippen LogP contribution in [0.4, 0.5) is 0 Å². The van der Waals surface area contributed by atoms with Crippen molar-refractivity contribution in [3.63, 3.8) is 0 Å². The van der Waals surface area contributed by atoms with Crippen LogP contribution >= 0.6 is 34.0 Å². The molecule has 0 spiro atoms. The van der Waals surface area contributed by atoms with Gasteiger partial charge in [0.25, 0.3) is 5.69 Å². The molecule has 0 unspecified atom stereocenters. The van der Waals surface area contributed by atoms with Gasteiger partial charge in [-0.25, -0.2) is 4.68 Å². The number of hydrogen-bond acceptors (Lipinski definition) is 4. The number of thiophene rings is 3. The van der Waals surface area contributed by atoms with Crippen LogP contribution in [0.2, 0.25) is 0 Å². The predicted molar refractivity (Wildman–Crippen MR) is 147 cm³/mol. The normalized spacial score (nSPS) is 11.3. The van der Waals surface area contributed by atoms with Crippen LogP contribution in [-0.4, -0.2) is 9.36 Å². The van der Waals surface area contributed by atoms with Crippen molar-refractivity contribution in [2.24, 2.45) is 7.05 Å². The average Bonchev–Trinajstić information content (AvgIpc) is 3.69. The minimum Gasteiger partial charge on any atom is -0.278 e. The second-order valence-corrected chi connectivity index (χ2v) is 11.0. The smallest absolute Gasteiger partial charge is 0.278 e. The fraction of sp³-hybridized carbons (Fsp3) is 0.0714. The van der Waals surface area contributed by atoms with Gasteiger partial charge in [-0.05, 0) is 53.4 Å². The summed E-state index contributed by atoms with van der Waals surface area (Å²) in [4.78, 5) is 17.5. The molecule has 0 atom stereocenters. The molecule has 5 aromatic heterocycles. The Morgan fingerprint density at radius 3 is 1.77 bits per heavy atom. The number of hydrogen-bond donors (Lipinski definition) is 0. The minimum atomic E-state index is -0.0410. The lowest BCUT2D eigenvalue weighted by Gasteiger charge is -2.09. The maximum absolute atomic E-state index is 14.1. The number of aromatic nitrogens is 3. The quantitative estimate of drug-likeness (QED) is 0.230. The van der Waals surface area contributed by atoms with Crippen LogP contribution in [0.5, 0.6) is 0 Å². The van der Waals surface area contributed by atoms with Crippen LogP contribution in [0, 0.1) is 6.92 Å². The zero-order chi connectivity index (χ0) is 23.9. The molecule has 5 heterocycles. The van der Waals surface area contributed by atoms with Gasteiger partial charge >= 0.3 is 5.56 Å². The molecule has 172 valence electrons. The van der Waals surface area contributed by atoms with E-state index in [0.29, 0.717) is 5.69 Å². The number of benzene rings is 1. The number of rotatable bonds is 5. The van der Waals surface area contributed by atoms with Crippen molar-refractivity contribution in [1.82, 2.24) is 9.36 Å². The Morgan fingerprint density at radius 2 is 1.26 bits per heavy atom. The minimum absolute atomic E-state index is 0.0410. The van der Waals surface area contributed by atoms with Crippen molar-refractivity contribution >= 4 is 34.0 Å². The third kappa shape index (κ3) is 3.72. The predicted octanol–water partition coefficient (Wildman–Crippen LogP) is 6.95. The average molecular weight is 513 g/mol. The molecule has 0 aliphatic heterocycles. The Hall–Kier alpha value is -3.52. The van der Waals surface area contributed by atoms with Crippen LogP contribution in [0.25, 0.3) is 43.0 Å². The van der Waals surface area contributed by atoms with E-state index in [0.717, 1.165) is 38.1 Å². The first-order valence-electron chi connectivity index (χ1n) is 11.2. The van der Waals surface area contributed by atoms with Crippen LogP contribution < -0.4 is 10.1 Å². The molecule has 7 heteroatoms. The van der Waals surface area contributed by atoms with Crippen molar-refractivity contribution in [1.29, 1.82) is 0 Å². The number of pyridine rings is 1. The van der Waals surface area contributed by atoms with Crippen molar-refractivity contribution in [3.8, 4) is 43.0 Å². The SMILES string of the molecule is Cc1c(-[n+]2c(-c3cccs3)cc(-c3cccs3)cc2-c2cccs2)c(=O)n(-c2ccccc2)n1C. The molecule has 0 N–H and O–H groups in total. The highest BCUT2D eigenvalue weighted by molar-refractivity contribution is 7.14. The summed E-state index contributed by atoms with van der Waals surface area (Å²) in [6.45, 7) is 2.02. The second-order valence-electron chi connectivity index (χ2n) is 8.19. The van der Waals surface area contributed by atoms with Crippen LogP contribution in [-0.2, 0) is 7.05 Å². The third-order valence-corrected chi connectivity index (χ3v) is 8.87. The molecule has 0 amide bonds. The lowest BCUT2D eigenvalue weighted by atomic mass is 10.1. The Labute approximate surface area is 215 Å². The van der Waals surface area contributed by atoms with E-state index in [4.69, 9.17) is 0 Å². The van der Waals surface area contributed by atoms with Crippen molar-refractivity contribution in [3.05, 3.63) is 111 Å². The molecule has 0 bridgehead atoms. The highest BCUT2D eigenvalue weighted by atomic mass is 32.1. The highest BCUT2D eigenvalue weighted by Crippen LogP contribution is 2.35. The standard InChI is InChI=1S/C28H22N3OS3/c1-19-27(28(32)31(29(19)2)21-9-4-3-5-10-21)30-22(25-12-7-15-34-25)17-20(24-11-6-14-33-24)18-23(30)26-13-8-16-35-26/h3-18H,1-2H3/q+1. The van der Waals surface area contributed by atoms with Crippen LogP contribution in [0.1, 0.15) is 5.69 Å². The molecule has 0 saturated heterocycles. The molecule has 35 heavy (non-hydrogen) atoms. The molecule has 1 aromatic carbocycles. The molecule has 0 aliphatic rings. The molecule has 0 fully saturated rings. The largest absolute Gasteiger partial charge is 0.344 e. The van der Waals surface area contributed by atoms with Gasteiger partial charge < -0.3 is 0 Å². The first-order valence-corrected chi connectivity index (χ1v) is 13.8. The van der Waals surface area contributed by atoms with Gasteiger partial charge in [0.2, 0.25) is 11.4 Å². The molecule has 0 saturated carbocycles. The van der Waals surface area contributed by atoms with Gasteiger partial charge in [-0.2, -0.15) is 0 Å². The third-order valence-electron chi connectivity index (χ3n) is 6.17. The van der Waals surface area contributed by atoms with E-state index >= 15 is 0 Å². The Balaban J connectivity index is 1.73. The molecule has 6 rings (SSSR count). The second kappa shape index (κ2) is 8.92. The van der Waals surface area contributed by atoms with Gasteiger partial charge in [-0.3, -0.25) is 9.48 Å². The fourth-order valence-corrected chi connectivity index (χ4v) is 6.62. The summed E-state index contributed by atoms with van der Waals surface area (Å²) in [6, 6.07) is 26.9.